The van der Waals surface area contributed by atoms with Crippen LogP contribution in [0.5, 0.6) is 0 Å². The predicted molar refractivity (Wildman–Crippen MR) is 114 cm³/mol. The van der Waals surface area contributed by atoms with Crippen LogP contribution in [-0.2, 0) is 22.4 Å². The molecular formula is C23H27N5O2. The van der Waals surface area contributed by atoms with Gasteiger partial charge in [-0.15, -0.1) is 0 Å². The van der Waals surface area contributed by atoms with Crippen molar-refractivity contribution in [1.29, 1.82) is 0 Å². The topological polar surface area (TPSA) is 81.4 Å². The number of imidazole rings is 1. The summed E-state index contributed by atoms with van der Waals surface area (Å²) in [5.41, 5.74) is 4.80. The molecule has 5 rings (SSSR count). The third-order valence-electron chi connectivity index (χ3n) is 6.32. The van der Waals surface area contributed by atoms with Crippen LogP contribution in [0, 0.1) is 5.92 Å². The Morgan fingerprint density at radius 1 is 1.07 bits per heavy atom. The standard InChI is InChI=1S/C23H27N5O2/c1-30-18-6-4-5-16(13-18)22(29)24-17-11-9-15(10-12-17)21-14-28-23(26-21)25-19-7-2-3-8-20(19)27-28/h9-12,14,16,18H,2-8,13H2,1H3,(H,24,29). The van der Waals surface area contributed by atoms with E-state index in [-0.39, 0.29) is 17.9 Å². The van der Waals surface area contributed by atoms with Crippen molar-refractivity contribution in [1.82, 2.24) is 19.6 Å². The molecule has 2 heterocycles. The summed E-state index contributed by atoms with van der Waals surface area (Å²) in [6.07, 6.45) is 10.3. The Balaban J connectivity index is 1.30. The van der Waals surface area contributed by atoms with Gasteiger partial charge in [-0.05, 0) is 57.1 Å². The van der Waals surface area contributed by atoms with Crippen molar-refractivity contribution in [3.05, 3.63) is 41.9 Å². The van der Waals surface area contributed by atoms with Gasteiger partial charge in [0.15, 0.2) is 0 Å². The Labute approximate surface area is 175 Å². The van der Waals surface area contributed by atoms with Crippen LogP contribution in [0.4, 0.5) is 5.69 Å². The van der Waals surface area contributed by atoms with Crippen LogP contribution >= 0.6 is 0 Å². The number of rotatable bonds is 4. The van der Waals surface area contributed by atoms with Crippen molar-refractivity contribution in [3.63, 3.8) is 0 Å². The maximum atomic E-state index is 12.6. The molecule has 1 aromatic carbocycles. The second-order valence-electron chi connectivity index (χ2n) is 8.37. The summed E-state index contributed by atoms with van der Waals surface area (Å²) in [4.78, 5) is 22.0. The second-order valence-corrected chi connectivity index (χ2v) is 8.37. The van der Waals surface area contributed by atoms with Crippen molar-refractivity contribution < 1.29 is 9.53 Å². The van der Waals surface area contributed by atoms with Gasteiger partial charge in [-0.3, -0.25) is 4.79 Å². The Hall–Kier alpha value is -2.80. The van der Waals surface area contributed by atoms with Crippen LogP contribution in [0.3, 0.4) is 0 Å². The van der Waals surface area contributed by atoms with Gasteiger partial charge >= 0.3 is 0 Å². The number of nitrogens with one attached hydrogen (secondary N) is 1. The largest absolute Gasteiger partial charge is 0.381 e. The number of methoxy groups -OCH3 is 1. The minimum Gasteiger partial charge on any atom is -0.381 e. The quantitative estimate of drug-likeness (QED) is 0.714. The molecule has 7 heteroatoms. The molecule has 0 aliphatic heterocycles. The normalized spacial score (nSPS) is 21.4. The molecule has 7 nitrogen and oxygen atoms in total. The lowest BCUT2D eigenvalue weighted by molar-refractivity contribution is -0.122. The van der Waals surface area contributed by atoms with Gasteiger partial charge in [0.25, 0.3) is 5.78 Å². The maximum absolute atomic E-state index is 12.6. The van der Waals surface area contributed by atoms with Crippen molar-refractivity contribution in [2.45, 2.75) is 57.5 Å². The van der Waals surface area contributed by atoms with Crippen LogP contribution in [0.15, 0.2) is 30.5 Å². The van der Waals surface area contributed by atoms with E-state index in [0.717, 1.165) is 66.9 Å². The van der Waals surface area contributed by atoms with E-state index in [1.165, 1.54) is 12.8 Å². The molecule has 2 aliphatic carbocycles. The van der Waals surface area contributed by atoms with E-state index in [1.54, 1.807) is 11.6 Å². The van der Waals surface area contributed by atoms with Gasteiger partial charge in [0.2, 0.25) is 5.91 Å². The van der Waals surface area contributed by atoms with Crippen molar-refractivity contribution in [2.24, 2.45) is 5.92 Å². The van der Waals surface area contributed by atoms with E-state index in [2.05, 4.69) is 10.3 Å². The summed E-state index contributed by atoms with van der Waals surface area (Å²) >= 11 is 0. The van der Waals surface area contributed by atoms with Crippen LogP contribution in [0.2, 0.25) is 0 Å². The molecule has 2 unspecified atom stereocenters. The summed E-state index contributed by atoms with van der Waals surface area (Å²) in [6.45, 7) is 0. The Morgan fingerprint density at radius 3 is 2.67 bits per heavy atom. The number of hydrogen-bond donors (Lipinski definition) is 1. The summed E-state index contributed by atoms with van der Waals surface area (Å²) < 4.78 is 7.23. The number of aryl methyl sites for hydroxylation is 2. The first-order valence-electron chi connectivity index (χ1n) is 10.9. The summed E-state index contributed by atoms with van der Waals surface area (Å²) in [7, 11) is 1.73. The maximum Gasteiger partial charge on any atom is 0.251 e. The lowest BCUT2D eigenvalue weighted by atomic mass is 9.86. The minimum atomic E-state index is 0.0185. The number of carbonyl (C=O) groups excluding carboxylic acids is 1. The molecule has 1 saturated carbocycles. The highest BCUT2D eigenvalue weighted by molar-refractivity contribution is 5.92. The zero-order valence-corrected chi connectivity index (χ0v) is 17.3. The first kappa shape index (κ1) is 19.2. The molecule has 0 bridgehead atoms. The van der Waals surface area contributed by atoms with Crippen LogP contribution in [-0.4, -0.2) is 38.7 Å². The van der Waals surface area contributed by atoms with Gasteiger partial charge in [-0.25, -0.2) is 14.5 Å². The number of fused-ring (bicyclic) bond motifs is 2. The first-order valence-corrected chi connectivity index (χ1v) is 10.9. The van der Waals surface area contributed by atoms with Gasteiger partial charge in [-0.1, -0.05) is 18.6 Å². The highest BCUT2D eigenvalue weighted by Crippen LogP contribution is 2.28. The third-order valence-corrected chi connectivity index (χ3v) is 6.32. The van der Waals surface area contributed by atoms with E-state index < -0.39 is 0 Å². The highest BCUT2D eigenvalue weighted by atomic mass is 16.5. The molecule has 30 heavy (non-hydrogen) atoms. The van der Waals surface area contributed by atoms with E-state index in [4.69, 9.17) is 14.8 Å². The van der Waals surface area contributed by atoms with E-state index >= 15 is 0 Å². The van der Waals surface area contributed by atoms with Crippen LogP contribution < -0.4 is 5.32 Å². The molecule has 2 aromatic heterocycles. The fraction of sp³-hybridized carbons (Fsp3) is 0.478. The number of hydrogen-bond acceptors (Lipinski definition) is 5. The Bertz CT molecular complexity index is 1020. The Morgan fingerprint density at radius 2 is 1.87 bits per heavy atom. The highest BCUT2D eigenvalue weighted by Gasteiger charge is 2.27. The Kier molecular flexibility index (Phi) is 5.21. The number of carbonyl (C=O) groups is 1. The van der Waals surface area contributed by atoms with Crippen molar-refractivity contribution in [2.75, 3.05) is 12.4 Å². The van der Waals surface area contributed by atoms with E-state index in [0.29, 0.717) is 5.78 Å². The van der Waals surface area contributed by atoms with E-state index in [1.807, 2.05) is 30.5 Å². The lowest BCUT2D eigenvalue weighted by Gasteiger charge is -2.27. The molecule has 2 aliphatic rings. The molecule has 0 radical (unpaired) electrons. The van der Waals surface area contributed by atoms with Gasteiger partial charge in [0, 0.05) is 24.3 Å². The molecule has 0 saturated heterocycles. The number of nitrogens with zero attached hydrogens (tertiary/aromatic N) is 4. The summed E-state index contributed by atoms with van der Waals surface area (Å²) in [6, 6.07) is 7.83. The summed E-state index contributed by atoms with van der Waals surface area (Å²) in [5, 5.41) is 7.76. The SMILES string of the molecule is COC1CCCC(C(=O)Nc2ccc(-c3cn4nc5c(nc4n3)CCCC5)cc2)C1. The number of benzene rings is 1. The third kappa shape index (κ3) is 3.81. The molecule has 1 N–H and O–H groups in total. The monoisotopic (exact) mass is 405 g/mol. The minimum absolute atomic E-state index is 0.0185. The fourth-order valence-electron chi connectivity index (χ4n) is 4.57. The second kappa shape index (κ2) is 8.14. The first-order chi connectivity index (χ1) is 14.7. The summed E-state index contributed by atoms with van der Waals surface area (Å²) in [5.74, 6) is 0.745. The molecule has 1 fully saturated rings. The van der Waals surface area contributed by atoms with Crippen LogP contribution in [0.25, 0.3) is 17.0 Å². The number of aromatic nitrogens is 4. The number of ether oxygens (including phenoxy) is 1. The average Bonchev–Trinajstić information content (AvgIpc) is 3.20. The molecule has 156 valence electrons. The van der Waals surface area contributed by atoms with Gasteiger partial charge in [0.05, 0.1) is 29.4 Å². The zero-order chi connectivity index (χ0) is 20.5. The lowest BCUT2D eigenvalue weighted by Crippen LogP contribution is -2.30. The van der Waals surface area contributed by atoms with Gasteiger partial charge in [0.1, 0.15) is 0 Å². The van der Waals surface area contributed by atoms with E-state index in [9.17, 15) is 4.79 Å². The smallest absolute Gasteiger partial charge is 0.251 e. The predicted octanol–water partition coefficient (Wildman–Crippen LogP) is 3.81. The fourth-order valence-corrected chi connectivity index (χ4v) is 4.57. The van der Waals surface area contributed by atoms with Crippen LogP contribution in [0.1, 0.15) is 49.9 Å². The zero-order valence-electron chi connectivity index (χ0n) is 17.3. The molecule has 2 atom stereocenters. The van der Waals surface area contributed by atoms with Crippen molar-refractivity contribution in [3.8, 4) is 11.3 Å². The van der Waals surface area contributed by atoms with Crippen molar-refractivity contribution >= 4 is 17.4 Å². The molecule has 0 spiro atoms. The molecule has 3 aromatic rings. The molecular weight excluding hydrogens is 378 g/mol. The number of anilines is 1. The molecule has 1 amide bonds. The number of amides is 1. The average molecular weight is 406 g/mol. The van der Waals surface area contributed by atoms with Gasteiger partial charge < -0.3 is 10.1 Å². The van der Waals surface area contributed by atoms with Gasteiger partial charge in [-0.2, -0.15) is 5.10 Å².